The molecule has 1 atom stereocenters. The number of halogens is 2. The van der Waals surface area contributed by atoms with Crippen molar-refractivity contribution < 1.29 is 4.79 Å². The summed E-state index contributed by atoms with van der Waals surface area (Å²) in [6.45, 7) is 6.87. The minimum Gasteiger partial charge on any atom is -0.287 e. The maximum absolute atomic E-state index is 11.7. The van der Waals surface area contributed by atoms with Crippen LogP contribution in [0.1, 0.15) is 32.9 Å². The second-order valence-corrected chi connectivity index (χ2v) is 8.09. The largest absolute Gasteiger partial charge is 0.287 e. The first-order chi connectivity index (χ1) is 7.79. The molecule has 1 saturated heterocycles. The summed E-state index contributed by atoms with van der Waals surface area (Å²) in [7, 11) is 0. The zero-order chi connectivity index (χ0) is 12.8. The van der Waals surface area contributed by atoms with Crippen LogP contribution in [0.5, 0.6) is 0 Å². The number of anilines is 1. The van der Waals surface area contributed by atoms with E-state index in [0.29, 0.717) is 13.0 Å². The summed E-state index contributed by atoms with van der Waals surface area (Å²) in [5, 5.41) is 0.651. The van der Waals surface area contributed by atoms with E-state index in [1.54, 1.807) is 4.90 Å². The third-order valence-electron chi connectivity index (χ3n) is 2.59. The fourth-order valence-corrected chi connectivity index (χ4v) is 4.14. The Labute approximate surface area is 118 Å². The molecule has 0 aromatic carbocycles. The molecule has 1 aliphatic heterocycles. The molecule has 0 saturated carbocycles. The van der Waals surface area contributed by atoms with Gasteiger partial charge in [-0.1, -0.05) is 32.1 Å². The van der Waals surface area contributed by atoms with Crippen molar-refractivity contribution in [2.24, 2.45) is 0 Å². The Kier molecular flexibility index (Phi) is 3.54. The normalized spacial score (nSPS) is 21.4. The average Bonchev–Trinajstić information content (AvgIpc) is 2.68. The number of alkyl halides is 1. The standard InChI is InChI=1S/C11H14BrClN2OS/c1-11(2,3)8-9(12)17-10(14-8)15-5-6(13)4-7(15)16/h6H,4-5H2,1-3H3. The first-order valence-corrected chi connectivity index (χ1v) is 7.45. The second kappa shape index (κ2) is 4.52. The number of thiazole rings is 1. The predicted molar refractivity (Wildman–Crippen MR) is 75.1 cm³/mol. The number of hydrogen-bond acceptors (Lipinski definition) is 3. The molecule has 1 amide bonds. The summed E-state index contributed by atoms with van der Waals surface area (Å²) in [5.41, 5.74) is 0.958. The molecular weight excluding hydrogens is 324 g/mol. The Hall–Kier alpha value is -0.130. The lowest BCUT2D eigenvalue weighted by Crippen LogP contribution is -2.24. The van der Waals surface area contributed by atoms with Crippen LogP contribution in [-0.4, -0.2) is 22.8 Å². The topological polar surface area (TPSA) is 33.2 Å². The molecule has 0 bridgehead atoms. The Morgan fingerprint density at radius 1 is 1.53 bits per heavy atom. The molecule has 2 heterocycles. The van der Waals surface area contributed by atoms with E-state index in [1.165, 1.54) is 11.3 Å². The van der Waals surface area contributed by atoms with E-state index in [4.69, 9.17) is 11.6 Å². The lowest BCUT2D eigenvalue weighted by atomic mass is 9.93. The molecule has 0 N–H and O–H groups in total. The predicted octanol–water partition coefficient (Wildman–Crippen LogP) is 3.55. The summed E-state index contributed by atoms with van der Waals surface area (Å²) in [5.74, 6) is 0.0618. The molecule has 17 heavy (non-hydrogen) atoms. The van der Waals surface area contributed by atoms with Gasteiger partial charge in [-0.25, -0.2) is 4.98 Å². The number of rotatable bonds is 1. The van der Waals surface area contributed by atoms with Gasteiger partial charge in [0, 0.05) is 18.4 Å². The fourth-order valence-electron chi connectivity index (χ4n) is 1.72. The van der Waals surface area contributed by atoms with Gasteiger partial charge in [-0.05, 0) is 15.9 Å². The van der Waals surface area contributed by atoms with Crippen LogP contribution < -0.4 is 4.90 Å². The van der Waals surface area contributed by atoms with Crippen LogP contribution >= 0.6 is 38.9 Å². The molecule has 94 valence electrons. The lowest BCUT2D eigenvalue weighted by molar-refractivity contribution is -0.117. The number of carbonyl (C=O) groups is 1. The molecular formula is C11H14BrClN2OS. The average molecular weight is 338 g/mol. The molecule has 1 aromatic heterocycles. The summed E-state index contributed by atoms with van der Waals surface area (Å²) < 4.78 is 0.992. The van der Waals surface area contributed by atoms with Crippen LogP contribution in [-0.2, 0) is 10.2 Å². The van der Waals surface area contributed by atoms with E-state index < -0.39 is 0 Å². The van der Waals surface area contributed by atoms with Gasteiger partial charge in [0.2, 0.25) is 5.91 Å². The molecule has 3 nitrogen and oxygen atoms in total. The zero-order valence-electron chi connectivity index (χ0n) is 9.96. The van der Waals surface area contributed by atoms with E-state index in [0.717, 1.165) is 14.6 Å². The number of nitrogens with zero attached hydrogens (tertiary/aromatic N) is 2. The molecule has 0 radical (unpaired) electrons. The van der Waals surface area contributed by atoms with Crippen molar-refractivity contribution in [1.29, 1.82) is 0 Å². The van der Waals surface area contributed by atoms with Gasteiger partial charge >= 0.3 is 0 Å². The fraction of sp³-hybridized carbons (Fsp3) is 0.636. The Morgan fingerprint density at radius 2 is 2.18 bits per heavy atom. The third-order valence-corrected chi connectivity index (χ3v) is 4.61. The van der Waals surface area contributed by atoms with Crippen molar-refractivity contribution in [2.75, 3.05) is 11.4 Å². The monoisotopic (exact) mass is 336 g/mol. The van der Waals surface area contributed by atoms with Crippen LogP contribution in [0.25, 0.3) is 0 Å². The lowest BCUT2D eigenvalue weighted by Gasteiger charge is -2.16. The molecule has 6 heteroatoms. The molecule has 0 spiro atoms. The highest BCUT2D eigenvalue weighted by Gasteiger charge is 2.33. The summed E-state index contributed by atoms with van der Waals surface area (Å²) in [6.07, 6.45) is 0.406. The van der Waals surface area contributed by atoms with E-state index >= 15 is 0 Å². The molecule has 2 rings (SSSR count). The molecule has 0 aliphatic carbocycles. The number of amides is 1. The summed E-state index contributed by atoms with van der Waals surface area (Å²) in [4.78, 5) is 18.0. The smallest absolute Gasteiger partial charge is 0.230 e. The van der Waals surface area contributed by atoms with Crippen molar-refractivity contribution in [2.45, 2.75) is 38.0 Å². The van der Waals surface area contributed by atoms with Crippen LogP contribution in [0.2, 0.25) is 0 Å². The highest BCUT2D eigenvalue weighted by atomic mass is 79.9. The summed E-state index contributed by atoms with van der Waals surface area (Å²) in [6, 6.07) is 0. The van der Waals surface area contributed by atoms with Gasteiger partial charge in [-0.15, -0.1) is 11.6 Å². The zero-order valence-corrected chi connectivity index (χ0v) is 13.1. The summed E-state index contributed by atoms with van der Waals surface area (Å²) >= 11 is 11.0. The van der Waals surface area contributed by atoms with Crippen molar-refractivity contribution in [3.63, 3.8) is 0 Å². The maximum Gasteiger partial charge on any atom is 0.230 e. The maximum atomic E-state index is 11.7. The van der Waals surface area contributed by atoms with Gasteiger partial charge in [0.25, 0.3) is 0 Å². The van der Waals surface area contributed by atoms with Gasteiger partial charge in [-0.3, -0.25) is 9.69 Å². The van der Waals surface area contributed by atoms with Gasteiger partial charge < -0.3 is 0 Å². The number of carbonyl (C=O) groups excluding carboxylic acids is 1. The molecule has 1 unspecified atom stereocenters. The van der Waals surface area contributed by atoms with Crippen LogP contribution in [0, 0.1) is 0 Å². The first-order valence-electron chi connectivity index (χ1n) is 5.40. The number of aromatic nitrogens is 1. The quantitative estimate of drug-likeness (QED) is 0.734. The Bertz CT molecular complexity index is 455. The van der Waals surface area contributed by atoms with Gasteiger partial charge in [0.1, 0.15) is 0 Å². The third kappa shape index (κ3) is 2.66. The Balaban J connectivity index is 2.32. The van der Waals surface area contributed by atoms with Crippen molar-refractivity contribution >= 4 is 49.9 Å². The van der Waals surface area contributed by atoms with Crippen LogP contribution in [0.4, 0.5) is 5.13 Å². The second-order valence-electron chi connectivity index (χ2n) is 5.17. The van der Waals surface area contributed by atoms with Gasteiger partial charge in [0.05, 0.1) is 14.9 Å². The van der Waals surface area contributed by atoms with E-state index in [1.807, 2.05) is 0 Å². The van der Waals surface area contributed by atoms with E-state index in [2.05, 4.69) is 41.7 Å². The number of hydrogen-bond donors (Lipinski definition) is 0. The van der Waals surface area contributed by atoms with Crippen molar-refractivity contribution in [3.8, 4) is 0 Å². The molecule has 1 aliphatic rings. The van der Waals surface area contributed by atoms with E-state index in [-0.39, 0.29) is 16.7 Å². The van der Waals surface area contributed by atoms with Crippen LogP contribution in [0.15, 0.2) is 3.79 Å². The minimum absolute atomic E-state index is 0.0310. The van der Waals surface area contributed by atoms with Gasteiger partial charge in [0.15, 0.2) is 5.13 Å². The minimum atomic E-state index is -0.0942. The Morgan fingerprint density at radius 3 is 2.59 bits per heavy atom. The van der Waals surface area contributed by atoms with Crippen molar-refractivity contribution in [3.05, 3.63) is 9.48 Å². The van der Waals surface area contributed by atoms with E-state index in [9.17, 15) is 4.79 Å². The highest BCUT2D eigenvalue weighted by Crippen LogP contribution is 2.38. The van der Waals surface area contributed by atoms with Crippen LogP contribution in [0.3, 0.4) is 0 Å². The SMILES string of the molecule is CC(C)(C)c1nc(N2CC(Cl)CC2=O)sc1Br. The van der Waals surface area contributed by atoms with Crippen molar-refractivity contribution in [1.82, 2.24) is 4.98 Å². The molecule has 1 aromatic rings. The molecule has 1 fully saturated rings. The first kappa shape index (κ1) is 13.3. The highest BCUT2D eigenvalue weighted by molar-refractivity contribution is 9.11. The van der Waals surface area contributed by atoms with Gasteiger partial charge in [-0.2, -0.15) is 0 Å².